The molecule has 0 bridgehead atoms. The van der Waals surface area contributed by atoms with Gasteiger partial charge in [0.15, 0.2) is 0 Å². The van der Waals surface area contributed by atoms with Gasteiger partial charge in [-0.2, -0.15) is 0 Å². The molecule has 2 N–H and O–H groups in total. The summed E-state index contributed by atoms with van der Waals surface area (Å²) in [6, 6.07) is 0.682. The first-order valence-corrected chi connectivity index (χ1v) is 4.44. The summed E-state index contributed by atoms with van der Waals surface area (Å²) in [7, 11) is 2.01. The lowest BCUT2D eigenvalue weighted by Gasteiger charge is -2.32. The van der Waals surface area contributed by atoms with E-state index < -0.39 is 0 Å². The van der Waals surface area contributed by atoms with Crippen molar-refractivity contribution in [2.75, 3.05) is 39.8 Å². The third kappa shape index (κ3) is 2.77. The molecule has 1 rings (SSSR count). The van der Waals surface area contributed by atoms with E-state index in [1.807, 2.05) is 7.05 Å². The number of rotatable bonds is 3. The van der Waals surface area contributed by atoms with Crippen molar-refractivity contribution in [3.8, 4) is 0 Å². The lowest BCUT2D eigenvalue weighted by atomic mass is 10.2. The molecule has 1 atom stereocenters. The van der Waals surface area contributed by atoms with Gasteiger partial charge in [0, 0.05) is 38.8 Å². The molecule has 0 amide bonds. The Kier molecular flexibility index (Phi) is 3.83. The Morgan fingerprint density at radius 2 is 2.09 bits per heavy atom. The summed E-state index contributed by atoms with van der Waals surface area (Å²) in [6.45, 7) is 8.07. The first-order valence-electron chi connectivity index (χ1n) is 4.44. The molecule has 0 radical (unpaired) electrons. The van der Waals surface area contributed by atoms with Crippen LogP contribution in [-0.4, -0.2) is 50.7 Å². The van der Waals surface area contributed by atoms with Crippen molar-refractivity contribution in [3.63, 3.8) is 0 Å². The highest BCUT2D eigenvalue weighted by Gasteiger charge is 2.14. The van der Waals surface area contributed by atoms with Crippen LogP contribution in [-0.2, 0) is 0 Å². The second-order valence-corrected chi connectivity index (χ2v) is 3.19. The number of nitrogens with zero attached hydrogens (tertiary/aromatic N) is 1. The Hall–Kier alpha value is -0.120. The van der Waals surface area contributed by atoms with Gasteiger partial charge in [0.1, 0.15) is 0 Å². The summed E-state index contributed by atoms with van der Waals surface area (Å²) in [5.41, 5.74) is 0. The minimum absolute atomic E-state index is 0.682. The van der Waals surface area contributed by atoms with E-state index in [1.165, 1.54) is 13.1 Å². The fourth-order valence-corrected chi connectivity index (χ4v) is 1.55. The van der Waals surface area contributed by atoms with Gasteiger partial charge in [0.25, 0.3) is 0 Å². The standard InChI is InChI=1S/C8H19N3/c1-8(7-9-2)11-5-3-10-4-6-11/h8-10H,3-7H2,1-2H3. The summed E-state index contributed by atoms with van der Waals surface area (Å²) < 4.78 is 0. The number of piperazine rings is 1. The average molecular weight is 157 g/mol. The van der Waals surface area contributed by atoms with E-state index in [0.29, 0.717) is 6.04 Å². The fourth-order valence-electron chi connectivity index (χ4n) is 1.55. The Bertz CT molecular complexity index is 99.5. The van der Waals surface area contributed by atoms with Crippen LogP contribution in [0.25, 0.3) is 0 Å². The van der Waals surface area contributed by atoms with Gasteiger partial charge in [-0.1, -0.05) is 0 Å². The van der Waals surface area contributed by atoms with Crippen molar-refractivity contribution in [3.05, 3.63) is 0 Å². The van der Waals surface area contributed by atoms with Crippen molar-refractivity contribution in [1.82, 2.24) is 15.5 Å². The van der Waals surface area contributed by atoms with Crippen molar-refractivity contribution in [2.24, 2.45) is 0 Å². The van der Waals surface area contributed by atoms with E-state index in [2.05, 4.69) is 22.5 Å². The zero-order valence-electron chi connectivity index (χ0n) is 7.56. The summed E-state index contributed by atoms with van der Waals surface area (Å²) in [5.74, 6) is 0. The molecule has 3 heteroatoms. The van der Waals surface area contributed by atoms with Gasteiger partial charge in [0.2, 0.25) is 0 Å². The normalized spacial score (nSPS) is 23.5. The van der Waals surface area contributed by atoms with Crippen molar-refractivity contribution in [1.29, 1.82) is 0 Å². The number of nitrogens with one attached hydrogen (secondary N) is 2. The van der Waals surface area contributed by atoms with Crippen LogP contribution < -0.4 is 10.6 Å². The Morgan fingerprint density at radius 3 is 2.64 bits per heavy atom. The highest BCUT2D eigenvalue weighted by atomic mass is 15.2. The zero-order chi connectivity index (χ0) is 8.10. The fraction of sp³-hybridized carbons (Fsp3) is 1.00. The van der Waals surface area contributed by atoms with Gasteiger partial charge in [-0.05, 0) is 14.0 Å². The smallest absolute Gasteiger partial charge is 0.0193 e. The SMILES string of the molecule is CNCC(C)N1CCNCC1. The first kappa shape index (κ1) is 8.97. The predicted molar refractivity (Wildman–Crippen MR) is 47.8 cm³/mol. The van der Waals surface area contributed by atoms with E-state index in [9.17, 15) is 0 Å². The van der Waals surface area contributed by atoms with Crippen LogP contribution in [0.3, 0.4) is 0 Å². The Morgan fingerprint density at radius 1 is 1.45 bits per heavy atom. The summed E-state index contributed by atoms with van der Waals surface area (Å²) in [6.07, 6.45) is 0. The van der Waals surface area contributed by atoms with E-state index in [4.69, 9.17) is 0 Å². The van der Waals surface area contributed by atoms with Gasteiger partial charge >= 0.3 is 0 Å². The molecule has 0 aliphatic carbocycles. The monoisotopic (exact) mass is 157 g/mol. The summed E-state index contributed by atoms with van der Waals surface area (Å²) in [5, 5.41) is 6.55. The molecule has 0 aromatic heterocycles. The third-order valence-corrected chi connectivity index (χ3v) is 2.27. The molecule has 1 unspecified atom stereocenters. The average Bonchev–Trinajstić information content (AvgIpc) is 2.07. The number of hydrogen-bond donors (Lipinski definition) is 2. The van der Waals surface area contributed by atoms with E-state index in [0.717, 1.165) is 19.6 Å². The highest BCUT2D eigenvalue weighted by molar-refractivity contribution is 4.74. The van der Waals surface area contributed by atoms with Crippen LogP contribution in [0.15, 0.2) is 0 Å². The van der Waals surface area contributed by atoms with Gasteiger partial charge in [-0.3, -0.25) is 4.90 Å². The van der Waals surface area contributed by atoms with E-state index in [-0.39, 0.29) is 0 Å². The summed E-state index contributed by atoms with van der Waals surface area (Å²) in [4.78, 5) is 2.52. The quantitative estimate of drug-likeness (QED) is 0.578. The molecule has 66 valence electrons. The van der Waals surface area contributed by atoms with Crippen LogP contribution in [0.5, 0.6) is 0 Å². The molecule has 0 saturated carbocycles. The lowest BCUT2D eigenvalue weighted by molar-refractivity contribution is 0.183. The summed E-state index contributed by atoms with van der Waals surface area (Å²) >= 11 is 0. The molecule has 1 aliphatic rings. The highest BCUT2D eigenvalue weighted by Crippen LogP contribution is 1.98. The number of hydrogen-bond acceptors (Lipinski definition) is 3. The molecule has 0 aromatic carbocycles. The maximum Gasteiger partial charge on any atom is 0.0193 e. The van der Waals surface area contributed by atoms with Crippen LogP contribution in [0, 0.1) is 0 Å². The topological polar surface area (TPSA) is 27.3 Å². The van der Waals surface area contributed by atoms with E-state index >= 15 is 0 Å². The largest absolute Gasteiger partial charge is 0.318 e. The minimum Gasteiger partial charge on any atom is -0.318 e. The Labute approximate surface area is 69.1 Å². The van der Waals surface area contributed by atoms with Crippen LogP contribution in [0.2, 0.25) is 0 Å². The van der Waals surface area contributed by atoms with Gasteiger partial charge in [-0.25, -0.2) is 0 Å². The second kappa shape index (κ2) is 4.70. The van der Waals surface area contributed by atoms with Gasteiger partial charge in [-0.15, -0.1) is 0 Å². The van der Waals surface area contributed by atoms with E-state index in [1.54, 1.807) is 0 Å². The molecule has 1 heterocycles. The molecular weight excluding hydrogens is 138 g/mol. The Balaban J connectivity index is 2.21. The molecule has 11 heavy (non-hydrogen) atoms. The second-order valence-electron chi connectivity index (χ2n) is 3.19. The molecule has 0 aromatic rings. The first-order chi connectivity index (χ1) is 5.34. The van der Waals surface area contributed by atoms with Crippen molar-refractivity contribution >= 4 is 0 Å². The van der Waals surface area contributed by atoms with Crippen molar-refractivity contribution in [2.45, 2.75) is 13.0 Å². The van der Waals surface area contributed by atoms with Crippen LogP contribution >= 0.6 is 0 Å². The van der Waals surface area contributed by atoms with Gasteiger partial charge in [0.05, 0.1) is 0 Å². The molecule has 1 fully saturated rings. The van der Waals surface area contributed by atoms with Crippen LogP contribution in [0.4, 0.5) is 0 Å². The molecule has 1 saturated heterocycles. The molecule has 0 spiro atoms. The molecule has 3 nitrogen and oxygen atoms in total. The molecular formula is C8H19N3. The van der Waals surface area contributed by atoms with Gasteiger partial charge < -0.3 is 10.6 Å². The predicted octanol–water partition coefficient (Wildman–Crippen LogP) is -0.500. The number of likely N-dealkylation sites (N-methyl/N-ethyl adjacent to an activating group) is 1. The zero-order valence-corrected chi connectivity index (χ0v) is 7.56. The maximum atomic E-state index is 3.35. The van der Waals surface area contributed by atoms with Crippen molar-refractivity contribution < 1.29 is 0 Å². The molecule has 1 aliphatic heterocycles. The lowest BCUT2D eigenvalue weighted by Crippen LogP contribution is -2.49. The van der Waals surface area contributed by atoms with Crippen LogP contribution in [0.1, 0.15) is 6.92 Å². The maximum absolute atomic E-state index is 3.35. The third-order valence-electron chi connectivity index (χ3n) is 2.27. The minimum atomic E-state index is 0.682.